The molecule has 0 atom stereocenters. The van der Waals surface area contributed by atoms with E-state index in [0.29, 0.717) is 18.6 Å². The molecular formula is C17H19NO2. The van der Waals surface area contributed by atoms with Crippen molar-refractivity contribution in [1.82, 2.24) is 4.57 Å². The summed E-state index contributed by atoms with van der Waals surface area (Å²) in [6, 6.07) is 7.31. The fourth-order valence-electron chi connectivity index (χ4n) is 3.27. The zero-order chi connectivity index (χ0) is 14.3. The van der Waals surface area contributed by atoms with Crippen LogP contribution >= 0.6 is 0 Å². The van der Waals surface area contributed by atoms with E-state index in [0.717, 1.165) is 18.5 Å². The van der Waals surface area contributed by atoms with Gasteiger partial charge in [0, 0.05) is 25.1 Å². The van der Waals surface area contributed by atoms with Crippen LogP contribution in [0.5, 0.6) is 5.75 Å². The highest BCUT2D eigenvalue weighted by molar-refractivity contribution is 5.84. The van der Waals surface area contributed by atoms with Crippen LogP contribution in [-0.4, -0.2) is 15.5 Å². The number of ketones is 1. The number of nitrogens with zero attached hydrogens (tertiary/aromatic N) is 1. The van der Waals surface area contributed by atoms with Crippen LogP contribution in [-0.2, 0) is 24.2 Å². The molecule has 1 aromatic carbocycles. The molecule has 1 aliphatic rings. The fraction of sp³-hybridized carbons (Fsp3) is 0.353. The van der Waals surface area contributed by atoms with Gasteiger partial charge in [0.2, 0.25) is 0 Å². The van der Waals surface area contributed by atoms with Gasteiger partial charge >= 0.3 is 0 Å². The summed E-state index contributed by atoms with van der Waals surface area (Å²) in [4.78, 5) is 11.7. The maximum atomic E-state index is 11.7. The van der Waals surface area contributed by atoms with E-state index in [-0.39, 0.29) is 5.75 Å². The number of hydrogen-bond donors (Lipinski definition) is 1. The van der Waals surface area contributed by atoms with Crippen molar-refractivity contribution in [3.05, 3.63) is 41.1 Å². The van der Waals surface area contributed by atoms with Gasteiger partial charge in [-0.05, 0) is 61.2 Å². The lowest BCUT2D eigenvalue weighted by atomic mass is 9.93. The van der Waals surface area contributed by atoms with Crippen LogP contribution in [0.4, 0.5) is 0 Å². The highest BCUT2D eigenvalue weighted by atomic mass is 16.3. The molecule has 1 aromatic heterocycles. The third-order valence-corrected chi connectivity index (χ3v) is 4.23. The van der Waals surface area contributed by atoms with Gasteiger partial charge in [0.25, 0.3) is 0 Å². The Kier molecular flexibility index (Phi) is 3.13. The lowest BCUT2D eigenvalue weighted by Crippen LogP contribution is -2.16. The van der Waals surface area contributed by atoms with Gasteiger partial charge in [0.1, 0.15) is 11.5 Å². The number of fused-ring (bicyclic) bond motifs is 1. The van der Waals surface area contributed by atoms with E-state index in [2.05, 4.69) is 18.4 Å². The number of Topliss-reactive ketones (excluding diaryl/α,β-unsaturated/α-hetero) is 1. The summed E-state index contributed by atoms with van der Waals surface area (Å²) in [5.74, 6) is 0.614. The average molecular weight is 269 g/mol. The van der Waals surface area contributed by atoms with E-state index in [9.17, 15) is 9.90 Å². The molecule has 0 fully saturated rings. The molecule has 1 aliphatic carbocycles. The smallest absolute Gasteiger partial charge is 0.139 e. The van der Waals surface area contributed by atoms with Crippen molar-refractivity contribution in [3.63, 3.8) is 0 Å². The van der Waals surface area contributed by atoms with Crippen LogP contribution in [0.2, 0.25) is 0 Å². The second-order valence-corrected chi connectivity index (χ2v) is 5.41. The van der Waals surface area contributed by atoms with Crippen LogP contribution in [0.3, 0.4) is 0 Å². The van der Waals surface area contributed by atoms with Gasteiger partial charge < -0.3 is 9.67 Å². The Hall–Kier alpha value is -2.03. The Morgan fingerprint density at radius 3 is 2.55 bits per heavy atom. The number of rotatable bonds is 2. The minimum absolute atomic E-state index is 0.279. The number of aromatic hydroxyl groups is 1. The van der Waals surface area contributed by atoms with Crippen molar-refractivity contribution in [3.8, 4) is 17.0 Å². The normalized spacial score (nSPS) is 14.4. The molecule has 1 heterocycles. The van der Waals surface area contributed by atoms with Crippen molar-refractivity contribution in [1.29, 1.82) is 0 Å². The van der Waals surface area contributed by atoms with Crippen molar-refractivity contribution in [2.45, 2.75) is 39.7 Å². The van der Waals surface area contributed by atoms with Gasteiger partial charge in [0.15, 0.2) is 0 Å². The van der Waals surface area contributed by atoms with Gasteiger partial charge in [-0.15, -0.1) is 0 Å². The largest absolute Gasteiger partial charge is 0.508 e. The van der Waals surface area contributed by atoms with E-state index in [1.54, 1.807) is 12.1 Å². The molecule has 0 amide bonds. The van der Waals surface area contributed by atoms with Crippen LogP contribution in [0.1, 0.15) is 30.2 Å². The molecule has 0 aliphatic heterocycles. The first kappa shape index (κ1) is 13.0. The maximum absolute atomic E-state index is 11.7. The molecule has 104 valence electrons. The molecule has 3 rings (SSSR count). The minimum Gasteiger partial charge on any atom is -0.508 e. The zero-order valence-electron chi connectivity index (χ0n) is 11.9. The third kappa shape index (κ3) is 1.94. The molecule has 0 bridgehead atoms. The monoisotopic (exact) mass is 269 g/mol. The Bertz CT molecular complexity index is 665. The summed E-state index contributed by atoms with van der Waals surface area (Å²) in [7, 11) is 0. The predicted molar refractivity (Wildman–Crippen MR) is 79.0 cm³/mol. The Labute approximate surface area is 118 Å². The molecule has 2 aromatic rings. The number of phenols is 1. The second kappa shape index (κ2) is 4.82. The highest BCUT2D eigenvalue weighted by Gasteiger charge is 2.25. The summed E-state index contributed by atoms with van der Waals surface area (Å²) < 4.78 is 2.26. The SMILES string of the molecule is CCn1c2c(c(C)c1-c1ccc(O)cc1)CCC(=O)C2. The Morgan fingerprint density at radius 2 is 1.90 bits per heavy atom. The summed E-state index contributed by atoms with van der Waals surface area (Å²) in [6.07, 6.45) is 2.08. The van der Waals surface area contributed by atoms with E-state index in [1.807, 2.05) is 12.1 Å². The van der Waals surface area contributed by atoms with Crippen molar-refractivity contribution in [2.24, 2.45) is 0 Å². The van der Waals surface area contributed by atoms with E-state index < -0.39 is 0 Å². The molecule has 0 saturated heterocycles. The van der Waals surface area contributed by atoms with Crippen molar-refractivity contribution >= 4 is 5.78 Å². The molecule has 3 nitrogen and oxygen atoms in total. The molecule has 3 heteroatoms. The summed E-state index contributed by atoms with van der Waals surface area (Å²) in [5, 5.41) is 9.44. The quantitative estimate of drug-likeness (QED) is 0.909. The molecule has 0 radical (unpaired) electrons. The van der Waals surface area contributed by atoms with Crippen molar-refractivity contribution < 1.29 is 9.90 Å². The first-order valence-electron chi connectivity index (χ1n) is 7.13. The lowest BCUT2D eigenvalue weighted by molar-refractivity contribution is -0.118. The number of carbonyl (C=O) groups is 1. The zero-order valence-corrected chi connectivity index (χ0v) is 11.9. The standard InChI is InChI=1S/C17H19NO2/c1-3-18-16-10-14(20)8-9-15(16)11(2)17(18)12-4-6-13(19)7-5-12/h4-7,19H,3,8-10H2,1-2H3. The number of phenolic OH excluding ortho intramolecular Hbond substituents is 1. The van der Waals surface area contributed by atoms with E-state index in [4.69, 9.17) is 0 Å². The number of hydrogen-bond acceptors (Lipinski definition) is 2. The molecule has 0 spiro atoms. The molecule has 1 N–H and O–H groups in total. The molecule has 0 unspecified atom stereocenters. The van der Waals surface area contributed by atoms with Crippen LogP contribution in [0.25, 0.3) is 11.3 Å². The van der Waals surface area contributed by atoms with Gasteiger partial charge in [-0.3, -0.25) is 4.79 Å². The summed E-state index contributed by atoms with van der Waals surface area (Å²) in [5.41, 5.74) is 6.09. The number of benzene rings is 1. The molecule has 20 heavy (non-hydrogen) atoms. The summed E-state index contributed by atoms with van der Waals surface area (Å²) in [6.45, 7) is 5.12. The van der Waals surface area contributed by atoms with Gasteiger partial charge in [-0.25, -0.2) is 0 Å². The van der Waals surface area contributed by atoms with Crippen LogP contribution in [0.15, 0.2) is 24.3 Å². The van der Waals surface area contributed by atoms with Crippen molar-refractivity contribution in [2.75, 3.05) is 0 Å². The fourth-order valence-corrected chi connectivity index (χ4v) is 3.27. The number of carbonyl (C=O) groups excluding carboxylic acids is 1. The first-order valence-corrected chi connectivity index (χ1v) is 7.13. The van der Waals surface area contributed by atoms with Gasteiger partial charge in [0.05, 0.1) is 5.69 Å². The lowest BCUT2D eigenvalue weighted by Gasteiger charge is -2.15. The Balaban J connectivity index is 2.20. The minimum atomic E-state index is 0.279. The average Bonchev–Trinajstić information content (AvgIpc) is 2.72. The second-order valence-electron chi connectivity index (χ2n) is 5.41. The van der Waals surface area contributed by atoms with E-state index in [1.165, 1.54) is 22.5 Å². The van der Waals surface area contributed by atoms with Gasteiger partial charge in [-0.1, -0.05) is 0 Å². The predicted octanol–water partition coefficient (Wildman–Crippen LogP) is 3.25. The topological polar surface area (TPSA) is 42.2 Å². The van der Waals surface area contributed by atoms with E-state index >= 15 is 0 Å². The number of aromatic nitrogens is 1. The molecular weight excluding hydrogens is 250 g/mol. The highest BCUT2D eigenvalue weighted by Crippen LogP contribution is 2.35. The third-order valence-electron chi connectivity index (χ3n) is 4.23. The van der Waals surface area contributed by atoms with Crippen LogP contribution < -0.4 is 0 Å². The first-order chi connectivity index (χ1) is 9.61. The summed E-state index contributed by atoms with van der Waals surface area (Å²) >= 11 is 0. The Morgan fingerprint density at radius 1 is 1.20 bits per heavy atom. The molecule has 0 saturated carbocycles. The van der Waals surface area contributed by atoms with Gasteiger partial charge in [-0.2, -0.15) is 0 Å². The van der Waals surface area contributed by atoms with Crippen LogP contribution in [0, 0.1) is 6.92 Å². The maximum Gasteiger partial charge on any atom is 0.139 e.